The summed E-state index contributed by atoms with van der Waals surface area (Å²) in [6, 6.07) is 11.7. The molecule has 8 nitrogen and oxygen atoms in total. The van der Waals surface area contributed by atoms with Crippen LogP contribution in [0.5, 0.6) is 0 Å². The molecule has 0 saturated carbocycles. The Kier molecular flexibility index (Phi) is 4.74. The van der Waals surface area contributed by atoms with Gasteiger partial charge in [-0.2, -0.15) is 15.3 Å². The van der Waals surface area contributed by atoms with Crippen molar-refractivity contribution in [3.8, 4) is 17.3 Å². The average molecular weight is 405 g/mol. The van der Waals surface area contributed by atoms with Crippen LogP contribution in [-0.2, 0) is 0 Å². The maximum absolute atomic E-state index is 9.50. The van der Waals surface area contributed by atoms with Gasteiger partial charge in [-0.15, -0.1) is 0 Å². The maximum Gasteiger partial charge on any atom is 0.222 e. The number of nitrogen functional groups attached to an aromatic ring is 1. The summed E-state index contributed by atoms with van der Waals surface area (Å²) in [4.78, 5) is 13.0. The topological polar surface area (TPSA) is 118 Å². The van der Waals surface area contributed by atoms with Crippen molar-refractivity contribution in [2.45, 2.75) is 19.9 Å². The molecule has 4 aromatic rings. The van der Waals surface area contributed by atoms with Crippen molar-refractivity contribution >= 4 is 29.0 Å². The fourth-order valence-corrected chi connectivity index (χ4v) is 3.33. The van der Waals surface area contributed by atoms with Crippen molar-refractivity contribution in [3.63, 3.8) is 0 Å². The minimum Gasteiger partial charge on any atom is -0.368 e. The van der Waals surface area contributed by atoms with Crippen LogP contribution in [0.1, 0.15) is 29.8 Å². The largest absolute Gasteiger partial charge is 0.368 e. The number of aryl methyl sites for hydroxylation is 1. The molecular formula is C20H17ClN8. The van der Waals surface area contributed by atoms with Crippen molar-refractivity contribution in [2.24, 2.45) is 0 Å². The van der Waals surface area contributed by atoms with E-state index in [1.54, 1.807) is 17.6 Å². The Morgan fingerprint density at radius 3 is 2.69 bits per heavy atom. The second-order valence-electron chi connectivity index (χ2n) is 6.54. The third-order valence-corrected chi connectivity index (χ3v) is 4.83. The van der Waals surface area contributed by atoms with Gasteiger partial charge in [0.25, 0.3) is 0 Å². The molecule has 0 amide bonds. The summed E-state index contributed by atoms with van der Waals surface area (Å²) in [5, 5.41) is 17.5. The summed E-state index contributed by atoms with van der Waals surface area (Å²) in [6.07, 6.45) is 3.43. The molecule has 1 unspecified atom stereocenters. The van der Waals surface area contributed by atoms with E-state index in [2.05, 4.69) is 26.5 Å². The van der Waals surface area contributed by atoms with Gasteiger partial charge in [0.1, 0.15) is 22.5 Å². The van der Waals surface area contributed by atoms with Crippen molar-refractivity contribution in [3.05, 3.63) is 64.6 Å². The second kappa shape index (κ2) is 7.37. The van der Waals surface area contributed by atoms with Crippen LogP contribution in [0.4, 0.5) is 11.8 Å². The van der Waals surface area contributed by atoms with Gasteiger partial charge in [0.05, 0.1) is 23.6 Å². The number of fused-ring (bicyclic) bond motifs is 1. The highest BCUT2D eigenvalue weighted by Crippen LogP contribution is 2.31. The SMILES string of the molecule is Cc1nc(N)nc(NC(C)c2cn3ncc(Cl)c3nc2-c2ccccc2)c1C#N. The molecule has 1 atom stereocenters. The molecule has 0 spiro atoms. The zero-order valence-electron chi connectivity index (χ0n) is 15.8. The van der Waals surface area contributed by atoms with Crippen LogP contribution in [0.2, 0.25) is 5.02 Å². The van der Waals surface area contributed by atoms with Gasteiger partial charge >= 0.3 is 0 Å². The van der Waals surface area contributed by atoms with Gasteiger partial charge in [-0.1, -0.05) is 41.9 Å². The van der Waals surface area contributed by atoms with Crippen molar-refractivity contribution in [1.29, 1.82) is 5.26 Å². The Balaban J connectivity index is 1.84. The molecule has 3 N–H and O–H groups in total. The number of benzene rings is 1. The number of aromatic nitrogens is 5. The summed E-state index contributed by atoms with van der Waals surface area (Å²) >= 11 is 6.24. The molecule has 29 heavy (non-hydrogen) atoms. The summed E-state index contributed by atoms with van der Waals surface area (Å²) in [5.74, 6) is 0.481. The lowest BCUT2D eigenvalue weighted by Gasteiger charge is -2.19. The first-order chi connectivity index (χ1) is 14.0. The van der Waals surface area contributed by atoms with Crippen molar-refractivity contribution < 1.29 is 0 Å². The van der Waals surface area contributed by atoms with Gasteiger partial charge in [0.15, 0.2) is 5.65 Å². The average Bonchev–Trinajstić information content (AvgIpc) is 3.07. The Hall–Kier alpha value is -3.70. The normalized spacial score (nSPS) is 11.9. The number of hydrogen-bond donors (Lipinski definition) is 2. The molecule has 3 aromatic heterocycles. The smallest absolute Gasteiger partial charge is 0.222 e. The van der Waals surface area contributed by atoms with E-state index < -0.39 is 0 Å². The van der Waals surface area contributed by atoms with E-state index in [1.807, 2.05) is 43.5 Å². The van der Waals surface area contributed by atoms with Gasteiger partial charge in [0.2, 0.25) is 5.95 Å². The number of anilines is 2. The number of nitriles is 1. The van der Waals surface area contributed by atoms with Gasteiger partial charge in [-0.3, -0.25) is 0 Å². The van der Waals surface area contributed by atoms with Gasteiger partial charge in [-0.05, 0) is 13.8 Å². The lowest BCUT2D eigenvalue weighted by atomic mass is 10.0. The van der Waals surface area contributed by atoms with E-state index in [1.165, 1.54) is 0 Å². The predicted molar refractivity (Wildman–Crippen MR) is 111 cm³/mol. The van der Waals surface area contributed by atoms with Crippen molar-refractivity contribution in [1.82, 2.24) is 24.6 Å². The molecule has 0 fully saturated rings. The molecule has 0 radical (unpaired) electrons. The van der Waals surface area contributed by atoms with E-state index in [0.717, 1.165) is 16.8 Å². The van der Waals surface area contributed by atoms with Crippen LogP contribution < -0.4 is 11.1 Å². The highest BCUT2D eigenvalue weighted by molar-refractivity contribution is 6.33. The minimum atomic E-state index is -0.258. The van der Waals surface area contributed by atoms with E-state index in [9.17, 15) is 5.26 Å². The Bertz CT molecular complexity index is 1240. The second-order valence-corrected chi connectivity index (χ2v) is 6.95. The number of nitrogens with zero attached hydrogens (tertiary/aromatic N) is 6. The molecule has 0 bridgehead atoms. The zero-order valence-corrected chi connectivity index (χ0v) is 16.5. The first kappa shape index (κ1) is 18.7. The molecule has 144 valence electrons. The molecule has 3 heterocycles. The zero-order chi connectivity index (χ0) is 20.5. The first-order valence-corrected chi connectivity index (χ1v) is 9.25. The quantitative estimate of drug-likeness (QED) is 0.531. The third kappa shape index (κ3) is 3.44. The Morgan fingerprint density at radius 1 is 1.21 bits per heavy atom. The van der Waals surface area contributed by atoms with E-state index in [-0.39, 0.29) is 12.0 Å². The molecule has 0 aliphatic heterocycles. The predicted octanol–water partition coefficient (Wildman–Crippen LogP) is 3.78. The highest BCUT2D eigenvalue weighted by atomic mass is 35.5. The van der Waals surface area contributed by atoms with Gasteiger partial charge in [-0.25, -0.2) is 14.5 Å². The molecule has 0 aliphatic rings. The van der Waals surface area contributed by atoms with Crippen LogP contribution in [0.3, 0.4) is 0 Å². The number of nitrogens with one attached hydrogen (secondary N) is 1. The van der Waals surface area contributed by atoms with E-state index >= 15 is 0 Å². The molecule has 1 aromatic carbocycles. The fourth-order valence-electron chi connectivity index (χ4n) is 3.16. The third-order valence-electron chi connectivity index (χ3n) is 4.56. The minimum absolute atomic E-state index is 0.104. The Labute approximate surface area is 172 Å². The lowest BCUT2D eigenvalue weighted by molar-refractivity contribution is 0.829. The number of halogens is 1. The van der Waals surface area contributed by atoms with E-state index in [4.69, 9.17) is 22.3 Å². The highest BCUT2D eigenvalue weighted by Gasteiger charge is 2.20. The lowest BCUT2D eigenvalue weighted by Crippen LogP contribution is -2.14. The summed E-state index contributed by atoms with van der Waals surface area (Å²) < 4.78 is 1.63. The number of nitrogens with two attached hydrogens (primary N) is 1. The summed E-state index contributed by atoms with van der Waals surface area (Å²) in [6.45, 7) is 3.68. The Morgan fingerprint density at radius 2 is 1.97 bits per heavy atom. The molecule has 9 heteroatoms. The maximum atomic E-state index is 9.50. The summed E-state index contributed by atoms with van der Waals surface area (Å²) in [7, 11) is 0. The molecule has 4 rings (SSSR count). The number of hydrogen-bond acceptors (Lipinski definition) is 7. The fraction of sp³-hybridized carbons (Fsp3) is 0.150. The number of rotatable bonds is 4. The molecule has 0 saturated heterocycles. The van der Waals surface area contributed by atoms with Crippen LogP contribution in [0.15, 0.2) is 42.7 Å². The molecule has 0 aliphatic carbocycles. The first-order valence-electron chi connectivity index (χ1n) is 8.88. The van der Waals surface area contributed by atoms with E-state index in [0.29, 0.717) is 27.7 Å². The monoisotopic (exact) mass is 404 g/mol. The van der Waals surface area contributed by atoms with Gasteiger partial charge < -0.3 is 11.1 Å². The molecular weight excluding hydrogens is 388 g/mol. The standard InChI is InChI=1S/C20H17ClN8/c1-11-14(8-22)18(28-20(23)26-11)25-12(2)15-10-29-19(16(21)9-24-29)27-17(15)13-6-4-3-5-7-13/h3-7,9-10,12H,1-2H3,(H3,23,25,26,28). The summed E-state index contributed by atoms with van der Waals surface area (Å²) in [5.41, 5.74) is 9.79. The van der Waals surface area contributed by atoms with Crippen LogP contribution in [-0.4, -0.2) is 24.6 Å². The van der Waals surface area contributed by atoms with Crippen molar-refractivity contribution in [2.75, 3.05) is 11.1 Å². The van der Waals surface area contributed by atoms with Crippen LogP contribution in [0.25, 0.3) is 16.9 Å². The van der Waals surface area contributed by atoms with Gasteiger partial charge in [0, 0.05) is 17.3 Å². The van der Waals surface area contributed by atoms with Crippen LogP contribution >= 0.6 is 11.6 Å². The van der Waals surface area contributed by atoms with Crippen LogP contribution in [0, 0.1) is 18.3 Å².